The minimum atomic E-state index is -0.912. The lowest BCUT2D eigenvalue weighted by atomic mass is 9.91. The van der Waals surface area contributed by atoms with Crippen LogP contribution in [0.2, 0.25) is 0 Å². The molecule has 1 aromatic rings. The number of nitrogens with zero attached hydrogens (tertiary/aromatic N) is 2. The predicted octanol–water partition coefficient (Wildman–Crippen LogP) is 3.45. The number of piperidine rings is 1. The molecule has 0 bridgehead atoms. The van der Waals surface area contributed by atoms with Gasteiger partial charge in [0.05, 0.1) is 13.7 Å². The number of ether oxygens (including phenoxy) is 2. The number of carbonyl (C=O) groups excluding carboxylic acids is 2. The molecule has 28 heavy (non-hydrogen) atoms. The molecule has 2 aliphatic heterocycles. The molecule has 2 heterocycles. The third-order valence-corrected chi connectivity index (χ3v) is 5.43. The van der Waals surface area contributed by atoms with Crippen LogP contribution in [0.25, 0.3) is 0 Å². The first-order valence-electron chi connectivity index (χ1n) is 9.55. The average Bonchev–Trinajstić information content (AvgIpc) is 2.95. The fraction of sp³-hybridized carbons (Fsp3) is 0.600. The van der Waals surface area contributed by atoms with Gasteiger partial charge in [0.2, 0.25) is 0 Å². The Morgan fingerprint density at radius 2 is 1.86 bits per heavy atom. The van der Waals surface area contributed by atoms with Crippen molar-refractivity contribution in [2.75, 3.05) is 33.3 Å². The summed E-state index contributed by atoms with van der Waals surface area (Å²) in [4.78, 5) is 28.1. The first kappa shape index (κ1) is 20.4. The monoisotopic (exact) mass is 396 g/mol. The van der Waals surface area contributed by atoms with Crippen molar-refractivity contribution >= 4 is 12.0 Å². The minimum Gasteiger partial charge on any atom is -0.491 e. The third-order valence-electron chi connectivity index (χ3n) is 5.43. The Bertz CT molecular complexity index is 738. The van der Waals surface area contributed by atoms with Gasteiger partial charge in [0.1, 0.15) is 5.60 Å². The third kappa shape index (κ3) is 4.05. The molecule has 1 spiro atoms. The quantitative estimate of drug-likeness (QED) is 0.765. The Kier molecular flexibility index (Phi) is 5.76. The largest absolute Gasteiger partial charge is 0.491 e. The fourth-order valence-electron chi connectivity index (χ4n) is 3.72. The highest BCUT2D eigenvalue weighted by Crippen LogP contribution is 2.34. The lowest BCUT2D eigenvalue weighted by molar-refractivity contribution is 0.00309. The normalized spacial score (nSPS) is 18.7. The van der Waals surface area contributed by atoms with E-state index in [1.54, 1.807) is 4.90 Å². The summed E-state index contributed by atoms with van der Waals surface area (Å²) in [6.45, 7) is 6.11. The van der Waals surface area contributed by atoms with Crippen LogP contribution in [0.15, 0.2) is 12.1 Å². The Balaban J connectivity index is 1.63. The summed E-state index contributed by atoms with van der Waals surface area (Å²) < 4.78 is 38.1. The van der Waals surface area contributed by atoms with Gasteiger partial charge in [-0.3, -0.25) is 4.79 Å². The molecule has 2 saturated heterocycles. The van der Waals surface area contributed by atoms with Crippen molar-refractivity contribution in [2.45, 2.75) is 38.7 Å². The number of carbonyl (C=O) groups is 2. The van der Waals surface area contributed by atoms with Crippen molar-refractivity contribution in [3.05, 3.63) is 29.3 Å². The van der Waals surface area contributed by atoms with Gasteiger partial charge in [-0.25, -0.2) is 13.6 Å². The van der Waals surface area contributed by atoms with Gasteiger partial charge in [0.25, 0.3) is 5.91 Å². The zero-order chi connectivity index (χ0) is 20.5. The number of rotatable bonds is 5. The average molecular weight is 396 g/mol. The summed E-state index contributed by atoms with van der Waals surface area (Å²) >= 11 is 0. The van der Waals surface area contributed by atoms with E-state index in [1.807, 2.05) is 0 Å². The highest BCUT2D eigenvalue weighted by atomic mass is 19.1. The van der Waals surface area contributed by atoms with Crippen molar-refractivity contribution in [1.82, 2.24) is 9.80 Å². The number of hydrogen-bond donors (Lipinski definition) is 0. The van der Waals surface area contributed by atoms with Gasteiger partial charge >= 0.3 is 6.09 Å². The molecular weight excluding hydrogens is 370 g/mol. The van der Waals surface area contributed by atoms with Crippen LogP contribution in [0.5, 0.6) is 5.75 Å². The van der Waals surface area contributed by atoms with Crippen LogP contribution in [0, 0.1) is 17.6 Å². The second-order valence-electron chi connectivity index (χ2n) is 7.92. The first-order chi connectivity index (χ1) is 13.2. The van der Waals surface area contributed by atoms with Crippen molar-refractivity contribution in [1.29, 1.82) is 0 Å². The molecular formula is C20H26F2N2O4. The predicted molar refractivity (Wildman–Crippen MR) is 98.3 cm³/mol. The number of amides is 2. The molecule has 0 radical (unpaired) electrons. The van der Waals surface area contributed by atoms with E-state index >= 15 is 0 Å². The maximum absolute atomic E-state index is 13.9. The van der Waals surface area contributed by atoms with E-state index in [1.165, 1.54) is 12.0 Å². The van der Waals surface area contributed by atoms with E-state index < -0.39 is 28.9 Å². The molecule has 2 amide bonds. The van der Waals surface area contributed by atoms with Crippen molar-refractivity contribution in [3.63, 3.8) is 0 Å². The highest BCUT2D eigenvalue weighted by Gasteiger charge is 2.47. The topological polar surface area (TPSA) is 59.1 Å². The molecule has 0 unspecified atom stereocenters. The lowest BCUT2D eigenvalue weighted by Crippen LogP contribution is -2.48. The molecule has 154 valence electrons. The Morgan fingerprint density at radius 3 is 2.39 bits per heavy atom. The van der Waals surface area contributed by atoms with E-state index in [0.717, 1.165) is 18.6 Å². The van der Waals surface area contributed by atoms with Crippen LogP contribution < -0.4 is 4.74 Å². The lowest BCUT2D eigenvalue weighted by Gasteiger charge is -2.37. The summed E-state index contributed by atoms with van der Waals surface area (Å²) in [6, 6.07) is 1.97. The molecule has 0 N–H and O–H groups in total. The summed E-state index contributed by atoms with van der Waals surface area (Å²) in [6.07, 6.45) is 1.61. The maximum Gasteiger partial charge on any atom is 0.410 e. The number of benzene rings is 1. The molecule has 0 aromatic heterocycles. The van der Waals surface area contributed by atoms with Crippen LogP contribution in [0.4, 0.5) is 13.6 Å². The molecule has 8 heteroatoms. The molecule has 2 aliphatic rings. The molecule has 0 atom stereocenters. The van der Waals surface area contributed by atoms with Gasteiger partial charge in [-0.2, -0.15) is 0 Å². The summed E-state index contributed by atoms with van der Waals surface area (Å²) in [5, 5.41) is 0. The van der Waals surface area contributed by atoms with Crippen LogP contribution >= 0.6 is 0 Å². The standard InChI is InChI=1S/C20H26F2N2O4/c1-13(2)4-7-24-12-20(28-19(24)26)5-8-23(9-6-20)18(25)14-10-15(21)17(27-3)16(22)11-14/h10-11,13H,4-9,12H2,1-3H3. The summed E-state index contributed by atoms with van der Waals surface area (Å²) in [5.74, 6) is -2.28. The minimum absolute atomic E-state index is 0.0614. The summed E-state index contributed by atoms with van der Waals surface area (Å²) in [5.41, 5.74) is -0.643. The second kappa shape index (κ2) is 7.93. The molecule has 0 aliphatic carbocycles. The fourth-order valence-corrected chi connectivity index (χ4v) is 3.72. The van der Waals surface area contributed by atoms with E-state index in [4.69, 9.17) is 4.74 Å². The number of likely N-dealkylation sites (tertiary alicyclic amines) is 1. The molecule has 6 nitrogen and oxygen atoms in total. The van der Waals surface area contributed by atoms with E-state index in [2.05, 4.69) is 18.6 Å². The Morgan fingerprint density at radius 1 is 1.25 bits per heavy atom. The van der Waals surface area contributed by atoms with E-state index in [-0.39, 0.29) is 11.7 Å². The zero-order valence-electron chi connectivity index (χ0n) is 16.5. The van der Waals surface area contributed by atoms with Gasteiger partial charge in [-0.05, 0) is 24.5 Å². The first-order valence-corrected chi connectivity index (χ1v) is 9.55. The zero-order valence-corrected chi connectivity index (χ0v) is 16.5. The smallest absolute Gasteiger partial charge is 0.410 e. The molecule has 2 fully saturated rings. The molecule has 0 saturated carbocycles. The Labute approximate surface area is 163 Å². The van der Waals surface area contributed by atoms with Crippen LogP contribution in [-0.4, -0.2) is 60.7 Å². The van der Waals surface area contributed by atoms with Gasteiger partial charge in [0.15, 0.2) is 17.4 Å². The Hall–Kier alpha value is -2.38. The number of halogens is 2. The number of hydrogen-bond acceptors (Lipinski definition) is 4. The molecule has 1 aromatic carbocycles. The van der Waals surface area contributed by atoms with Gasteiger partial charge in [-0.1, -0.05) is 13.8 Å². The van der Waals surface area contributed by atoms with Gasteiger partial charge in [0, 0.05) is 38.0 Å². The van der Waals surface area contributed by atoms with Crippen LogP contribution in [-0.2, 0) is 4.74 Å². The van der Waals surface area contributed by atoms with Gasteiger partial charge in [-0.15, -0.1) is 0 Å². The van der Waals surface area contributed by atoms with E-state index in [0.29, 0.717) is 44.9 Å². The van der Waals surface area contributed by atoms with Crippen LogP contribution in [0.3, 0.4) is 0 Å². The van der Waals surface area contributed by atoms with Crippen LogP contribution in [0.1, 0.15) is 43.5 Å². The van der Waals surface area contributed by atoms with Crippen molar-refractivity contribution in [2.24, 2.45) is 5.92 Å². The SMILES string of the molecule is COc1c(F)cc(C(=O)N2CCC3(CC2)CN(CCC(C)C)C(=O)O3)cc1F. The maximum atomic E-state index is 13.9. The number of methoxy groups -OCH3 is 1. The summed E-state index contributed by atoms with van der Waals surface area (Å²) in [7, 11) is 1.17. The highest BCUT2D eigenvalue weighted by molar-refractivity contribution is 5.94. The van der Waals surface area contributed by atoms with Crippen molar-refractivity contribution < 1.29 is 27.8 Å². The molecule has 3 rings (SSSR count). The second-order valence-corrected chi connectivity index (χ2v) is 7.92. The van der Waals surface area contributed by atoms with Gasteiger partial charge < -0.3 is 19.3 Å². The van der Waals surface area contributed by atoms with Crippen molar-refractivity contribution in [3.8, 4) is 5.75 Å². The van der Waals surface area contributed by atoms with E-state index in [9.17, 15) is 18.4 Å².